The smallest absolute Gasteiger partial charge is 0.236 e. The minimum Gasteiger partial charge on any atom is -0.282 e. The SMILES string of the molecule is CCCCN1C(=O)C2C3C=CC(C3)C2(CCCC)C1=O. The van der Waals surface area contributed by atoms with E-state index in [4.69, 9.17) is 0 Å². The van der Waals surface area contributed by atoms with Crippen molar-refractivity contribution in [2.24, 2.45) is 23.2 Å². The lowest BCUT2D eigenvalue weighted by atomic mass is 9.67. The molecule has 4 unspecified atom stereocenters. The number of likely N-dealkylation sites (tertiary alicyclic amines) is 1. The average Bonchev–Trinajstić information content (AvgIpc) is 3.09. The van der Waals surface area contributed by atoms with Crippen LogP contribution in [0.1, 0.15) is 52.4 Å². The van der Waals surface area contributed by atoms with Gasteiger partial charge in [0.1, 0.15) is 0 Å². The zero-order valence-electron chi connectivity index (χ0n) is 12.6. The van der Waals surface area contributed by atoms with E-state index < -0.39 is 0 Å². The molecule has 3 rings (SSSR count). The predicted molar refractivity (Wildman–Crippen MR) is 77.8 cm³/mol. The zero-order chi connectivity index (χ0) is 14.3. The highest BCUT2D eigenvalue weighted by molar-refractivity contribution is 6.08. The number of allylic oxidation sites excluding steroid dienone is 2. The summed E-state index contributed by atoms with van der Waals surface area (Å²) in [5, 5.41) is 0. The monoisotopic (exact) mass is 275 g/mol. The molecule has 0 aromatic heterocycles. The second-order valence-corrected chi connectivity index (χ2v) is 6.66. The molecule has 110 valence electrons. The van der Waals surface area contributed by atoms with Gasteiger partial charge in [-0.3, -0.25) is 14.5 Å². The van der Waals surface area contributed by atoms with Crippen molar-refractivity contribution < 1.29 is 9.59 Å². The minimum atomic E-state index is -0.375. The van der Waals surface area contributed by atoms with Crippen molar-refractivity contribution in [1.29, 1.82) is 0 Å². The van der Waals surface area contributed by atoms with Crippen molar-refractivity contribution >= 4 is 11.8 Å². The molecule has 4 atom stereocenters. The summed E-state index contributed by atoms with van der Waals surface area (Å²) in [5.74, 6) is 0.850. The first-order valence-electron chi connectivity index (χ1n) is 8.21. The van der Waals surface area contributed by atoms with Crippen LogP contribution in [-0.4, -0.2) is 23.3 Å². The van der Waals surface area contributed by atoms with Crippen molar-refractivity contribution in [2.45, 2.75) is 52.4 Å². The molecule has 2 fully saturated rings. The summed E-state index contributed by atoms with van der Waals surface area (Å²) in [6, 6.07) is 0. The van der Waals surface area contributed by atoms with Gasteiger partial charge in [-0.25, -0.2) is 0 Å². The quantitative estimate of drug-likeness (QED) is 0.551. The van der Waals surface area contributed by atoms with Gasteiger partial charge in [0.2, 0.25) is 11.8 Å². The Morgan fingerprint density at radius 1 is 1.20 bits per heavy atom. The fraction of sp³-hybridized carbons (Fsp3) is 0.765. The van der Waals surface area contributed by atoms with Crippen molar-refractivity contribution in [3.05, 3.63) is 12.2 Å². The van der Waals surface area contributed by atoms with Crippen LogP contribution in [0.2, 0.25) is 0 Å². The molecule has 2 amide bonds. The first-order chi connectivity index (χ1) is 9.66. The molecule has 2 aliphatic carbocycles. The number of carbonyl (C=O) groups is 2. The molecule has 0 spiro atoms. The molecular formula is C17H25NO2. The van der Waals surface area contributed by atoms with Gasteiger partial charge >= 0.3 is 0 Å². The zero-order valence-corrected chi connectivity index (χ0v) is 12.6. The van der Waals surface area contributed by atoms with Gasteiger partial charge in [0.05, 0.1) is 11.3 Å². The molecule has 0 N–H and O–H groups in total. The Morgan fingerprint density at radius 2 is 1.95 bits per heavy atom. The number of imide groups is 1. The van der Waals surface area contributed by atoms with Crippen LogP contribution < -0.4 is 0 Å². The van der Waals surface area contributed by atoms with E-state index >= 15 is 0 Å². The van der Waals surface area contributed by atoms with Gasteiger partial charge in [-0.1, -0.05) is 45.3 Å². The van der Waals surface area contributed by atoms with E-state index in [1.165, 1.54) is 0 Å². The van der Waals surface area contributed by atoms with E-state index in [1.54, 1.807) is 4.90 Å². The Kier molecular flexibility index (Phi) is 3.47. The third-order valence-corrected chi connectivity index (χ3v) is 5.62. The number of rotatable bonds is 6. The van der Waals surface area contributed by atoms with Gasteiger partial charge in [-0.2, -0.15) is 0 Å². The maximum atomic E-state index is 13.0. The summed E-state index contributed by atoms with van der Waals surface area (Å²) >= 11 is 0. The fourth-order valence-electron chi connectivity index (χ4n) is 4.63. The van der Waals surface area contributed by atoms with Crippen LogP contribution in [0.5, 0.6) is 0 Å². The van der Waals surface area contributed by atoms with Gasteiger partial charge < -0.3 is 0 Å². The highest BCUT2D eigenvalue weighted by Crippen LogP contribution is 2.62. The highest BCUT2D eigenvalue weighted by atomic mass is 16.2. The van der Waals surface area contributed by atoms with Gasteiger partial charge in [-0.05, 0) is 31.1 Å². The third kappa shape index (κ3) is 1.64. The van der Waals surface area contributed by atoms with Crippen molar-refractivity contribution in [3.8, 4) is 0 Å². The molecule has 20 heavy (non-hydrogen) atoms. The Labute approximate surface area is 121 Å². The van der Waals surface area contributed by atoms with Crippen molar-refractivity contribution in [2.75, 3.05) is 6.54 Å². The van der Waals surface area contributed by atoms with Crippen LogP contribution in [-0.2, 0) is 9.59 Å². The van der Waals surface area contributed by atoms with E-state index in [2.05, 4.69) is 26.0 Å². The number of hydrogen-bond donors (Lipinski definition) is 0. The Bertz CT molecular complexity index is 456. The van der Waals surface area contributed by atoms with E-state index in [0.717, 1.165) is 38.5 Å². The second kappa shape index (κ2) is 5.01. The largest absolute Gasteiger partial charge is 0.282 e. The summed E-state index contributed by atoms with van der Waals surface area (Å²) in [6.07, 6.45) is 10.4. The van der Waals surface area contributed by atoms with Gasteiger partial charge in [0.15, 0.2) is 0 Å². The van der Waals surface area contributed by atoms with Gasteiger partial charge in [0.25, 0.3) is 0 Å². The summed E-state index contributed by atoms with van der Waals surface area (Å²) in [6.45, 7) is 4.88. The number of carbonyl (C=O) groups excluding carboxylic acids is 2. The molecular weight excluding hydrogens is 250 g/mol. The molecule has 0 aromatic rings. The van der Waals surface area contributed by atoms with Crippen LogP contribution in [0.15, 0.2) is 12.2 Å². The summed E-state index contributed by atoms with van der Waals surface area (Å²) in [5.41, 5.74) is -0.375. The van der Waals surface area contributed by atoms with Crippen LogP contribution in [0.3, 0.4) is 0 Å². The molecule has 3 nitrogen and oxygen atoms in total. The van der Waals surface area contributed by atoms with Crippen molar-refractivity contribution in [1.82, 2.24) is 4.90 Å². The normalized spacial score (nSPS) is 38.1. The fourth-order valence-corrected chi connectivity index (χ4v) is 4.63. The first kappa shape index (κ1) is 13.8. The number of nitrogens with zero attached hydrogens (tertiary/aromatic N) is 1. The summed E-state index contributed by atoms with van der Waals surface area (Å²) in [7, 11) is 0. The molecule has 2 bridgehead atoms. The maximum absolute atomic E-state index is 13.0. The predicted octanol–water partition coefficient (Wildman–Crippen LogP) is 3.15. The van der Waals surface area contributed by atoms with Crippen LogP contribution in [0.25, 0.3) is 0 Å². The van der Waals surface area contributed by atoms with Crippen LogP contribution >= 0.6 is 0 Å². The second-order valence-electron chi connectivity index (χ2n) is 6.66. The van der Waals surface area contributed by atoms with Crippen LogP contribution in [0.4, 0.5) is 0 Å². The number of hydrogen-bond acceptors (Lipinski definition) is 2. The van der Waals surface area contributed by atoms with E-state index in [9.17, 15) is 9.59 Å². The number of unbranched alkanes of at least 4 members (excludes halogenated alkanes) is 2. The Morgan fingerprint density at radius 3 is 2.65 bits per heavy atom. The van der Waals surface area contributed by atoms with Crippen molar-refractivity contribution in [3.63, 3.8) is 0 Å². The minimum absolute atomic E-state index is 0.0478. The number of amides is 2. The number of fused-ring (bicyclic) bond motifs is 5. The van der Waals surface area contributed by atoms with E-state index in [1.807, 2.05) is 0 Å². The van der Waals surface area contributed by atoms with E-state index in [-0.39, 0.29) is 23.1 Å². The Hall–Kier alpha value is -1.12. The molecule has 3 heteroatoms. The Balaban J connectivity index is 1.92. The standard InChI is InChI=1S/C17H25NO2/c1-3-5-9-17-13-8-7-12(11-13)14(17)15(19)18(16(17)20)10-6-4-2/h7-8,12-14H,3-6,9-11H2,1-2H3. The van der Waals surface area contributed by atoms with Crippen LogP contribution in [0, 0.1) is 23.2 Å². The van der Waals surface area contributed by atoms with Gasteiger partial charge in [0, 0.05) is 6.54 Å². The molecule has 0 aromatic carbocycles. The third-order valence-electron chi connectivity index (χ3n) is 5.62. The van der Waals surface area contributed by atoms with Gasteiger partial charge in [-0.15, -0.1) is 0 Å². The van der Waals surface area contributed by atoms with E-state index in [0.29, 0.717) is 18.4 Å². The molecule has 1 aliphatic heterocycles. The lowest BCUT2D eigenvalue weighted by Gasteiger charge is -2.33. The molecule has 1 saturated carbocycles. The summed E-state index contributed by atoms with van der Waals surface area (Å²) < 4.78 is 0. The molecule has 0 radical (unpaired) electrons. The molecule has 3 aliphatic rings. The summed E-state index contributed by atoms with van der Waals surface area (Å²) in [4.78, 5) is 27.3. The first-order valence-corrected chi connectivity index (χ1v) is 8.21. The highest BCUT2D eigenvalue weighted by Gasteiger charge is 2.68. The lowest BCUT2D eigenvalue weighted by molar-refractivity contribution is -0.142. The topological polar surface area (TPSA) is 37.4 Å². The maximum Gasteiger partial charge on any atom is 0.236 e. The molecule has 1 heterocycles. The average molecular weight is 275 g/mol. The lowest BCUT2D eigenvalue weighted by Crippen LogP contribution is -2.40. The molecule has 1 saturated heterocycles.